The number of aromatic nitrogens is 1. The number of carbonyl (C=O) groups excluding carboxylic acids is 2. The first-order valence-corrected chi connectivity index (χ1v) is 16.2. The van der Waals surface area contributed by atoms with Gasteiger partial charge in [-0.1, -0.05) is 30.7 Å². The van der Waals surface area contributed by atoms with Crippen LogP contribution in [0.3, 0.4) is 0 Å². The molecule has 0 aliphatic carbocycles. The third-order valence-corrected chi connectivity index (χ3v) is 8.81. The second-order valence-corrected chi connectivity index (χ2v) is 11.7. The lowest BCUT2D eigenvalue weighted by Gasteiger charge is -2.27. The molecule has 1 saturated heterocycles. The zero-order valence-corrected chi connectivity index (χ0v) is 28.0. The lowest BCUT2D eigenvalue weighted by Crippen LogP contribution is -2.43. The summed E-state index contributed by atoms with van der Waals surface area (Å²) >= 11 is 1.22. The summed E-state index contributed by atoms with van der Waals surface area (Å²) in [5.41, 5.74) is 1.75. The van der Waals surface area contributed by atoms with Crippen LogP contribution in [0.1, 0.15) is 43.9 Å². The van der Waals surface area contributed by atoms with Crippen molar-refractivity contribution in [2.24, 2.45) is 4.99 Å². The van der Waals surface area contributed by atoms with Crippen LogP contribution in [-0.2, 0) is 19.1 Å². The Hall–Kier alpha value is -4.62. The van der Waals surface area contributed by atoms with Crippen molar-refractivity contribution < 1.29 is 38.0 Å². The highest BCUT2D eigenvalue weighted by molar-refractivity contribution is 7.07. The highest BCUT2D eigenvalue weighted by Crippen LogP contribution is 2.39. The zero-order valence-electron chi connectivity index (χ0n) is 27.2. The molecule has 1 amide bonds. The summed E-state index contributed by atoms with van der Waals surface area (Å²) < 4.78 is 35.3. The maximum atomic E-state index is 14.2. The van der Waals surface area contributed by atoms with E-state index in [1.165, 1.54) is 30.1 Å². The van der Waals surface area contributed by atoms with Gasteiger partial charge in [0.15, 0.2) is 22.9 Å². The van der Waals surface area contributed by atoms with Crippen LogP contribution in [0.4, 0.5) is 0 Å². The minimum Gasteiger partial charge on any atom is -0.497 e. The van der Waals surface area contributed by atoms with Crippen LogP contribution in [0.25, 0.3) is 6.08 Å². The number of carbonyl (C=O) groups is 2. The Morgan fingerprint density at radius 1 is 1.00 bits per heavy atom. The summed E-state index contributed by atoms with van der Waals surface area (Å²) in [5.74, 6) is 1.17. The number of methoxy groups -OCH3 is 3. The fourth-order valence-electron chi connectivity index (χ4n) is 5.56. The molecule has 2 aliphatic heterocycles. The van der Waals surface area contributed by atoms with Crippen molar-refractivity contribution in [1.29, 1.82) is 0 Å². The van der Waals surface area contributed by atoms with E-state index in [0.29, 0.717) is 81.9 Å². The summed E-state index contributed by atoms with van der Waals surface area (Å²) in [5, 5.41) is 0. The summed E-state index contributed by atoms with van der Waals surface area (Å²) in [6, 6.07) is 9.63. The maximum absolute atomic E-state index is 14.2. The molecular weight excluding hydrogens is 626 g/mol. The Kier molecular flexibility index (Phi) is 11.0. The van der Waals surface area contributed by atoms with Gasteiger partial charge in [0.2, 0.25) is 0 Å². The highest BCUT2D eigenvalue weighted by Gasteiger charge is 2.36. The van der Waals surface area contributed by atoms with Gasteiger partial charge in [-0.3, -0.25) is 14.2 Å². The van der Waals surface area contributed by atoms with E-state index in [0.717, 1.165) is 6.42 Å². The van der Waals surface area contributed by atoms with Crippen molar-refractivity contribution in [3.05, 3.63) is 78.5 Å². The summed E-state index contributed by atoms with van der Waals surface area (Å²) in [4.78, 5) is 47.3. The lowest BCUT2D eigenvalue weighted by molar-refractivity contribution is -0.139. The zero-order chi connectivity index (χ0) is 33.5. The van der Waals surface area contributed by atoms with E-state index in [1.54, 1.807) is 61.4 Å². The second-order valence-electron chi connectivity index (χ2n) is 10.7. The third kappa shape index (κ3) is 7.20. The molecule has 1 fully saturated rings. The lowest BCUT2D eigenvalue weighted by atomic mass is 9.93. The number of hydrogen-bond donors (Lipinski definition) is 0. The molecule has 12 nitrogen and oxygen atoms in total. The number of benzene rings is 2. The first kappa shape index (κ1) is 33.7. The quantitative estimate of drug-likeness (QED) is 0.269. The van der Waals surface area contributed by atoms with Crippen molar-refractivity contribution >= 4 is 29.3 Å². The molecule has 0 radical (unpaired) electrons. The van der Waals surface area contributed by atoms with E-state index in [4.69, 9.17) is 33.4 Å². The van der Waals surface area contributed by atoms with Crippen LogP contribution in [0.5, 0.6) is 23.0 Å². The van der Waals surface area contributed by atoms with E-state index in [1.807, 2.05) is 6.92 Å². The number of ether oxygens (including phenoxy) is 6. The highest BCUT2D eigenvalue weighted by atomic mass is 32.1. The number of allylic oxidation sites excluding steroid dienone is 1. The normalized spacial score (nSPS) is 16.3. The molecule has 13 heteroatoms. The number of amides is 1. The summed E-state index contributed by atoms with van der Waals surface area (Å²) in [6.07, 6.45) is 2.97. The van der Waals surface area contributed by atoms with E-state index in [2.05, 4.69) is 0 Å². The number of nitrogens with zero attached hydrogens (tertiary/aromatic N) is 3. The molecule has 2 aliphatic rings. The van der Waals surface area contributed by atoms with Crippen LogP contribution >= 0.6 is 11.3 Å². The summed E-state index contributed by atoms with van der Waals surface area (Å²) in [7, 11) is 4.60. The first-order chi connectivity index (χ1) is 22.8. The molecule has 0 N–H and O–H groups in total. The van der Waals surface area contributed by atoms with Gasteiger partial charge in [0.25, 0.3) is 11.5 Å². The number of rotatable bonds is 12. The number of esters is 1. The van der Waals surface area contributed by atoms with E-state index in [-0.39, 0.29) is 30.3 Å². The molecule has 0 bridgehead atoms. The largest absolute Gasteiger partial charge is 0.497 e. The van der Waals surface area contributed by atoms with Crippen LogP contribution in [-0.4, -0.2) is 82.2 Å². The van der Waals surface area contributed by atoms with Gasteiger partial charge in [0.05, 0.1) is 57.0 Å². The molecule has 0 unspecified atom stereocenters. The first-order valence-electron chi connectivity index (χ1n) is 15.4. The van der Waals surface area contributed by atoms with Gasteiger partial charge < -0.3 is 33.3 Å². The molecule has 2 aromatic carbocycles. The third-order valence-electron chi connectivity index (χ3n) is 7.82. The Balaban J connectivity index is 1.58. The van der Waals surface area contributed by atoms with Gasteiger partial charge in [0, 0.05) is 18.7 Å². The molecule has 0 spiro atoms. The van der Waals surface area contributed by atoms with Gasteiger partial charge in [0.1, 0.15) is 17.5 Å². The average molecular weight is 666 g/mol. The Labute approximate surface area is 276 Å². The summed E-state index contributed by atoms with van der Waals surface area (Å²) in [6.45, 7) is 5.84. The Morgan fingerprint density at radius 3 is 2.43 bits per heavy atom. The SMILES string of the molecule is CCCC1=C(C(=O)OCC)[C@@H](c2cc(OC)ccc2OC)n2c(s/c(=C\c3ccc(OCC(=O)N4CCOCC4)c(OC)c3)c2=O)=N1. The molecule has 3 aromatic rings. The van der Waals surface area contributed by atoms with Crippen molar-refractivity contribution in [2.45, 2.75) is 32.7 Å². The van der Waals surface area contributed by atoms with Crippen molar-refractivity contribution in [2.75, 3.05) is 60.8 Å². The smallest absolute Gasteiger partial charge is 0.338 e. The van der Waals surface area contributed by atoms with Crippen molar-refractivity contribution in [3.63, 3.8) is 0 Å². The van der Waals surface area contributed by atoms with Crippen molar-refractivity contribution in [3.8, 4) is 23.0 Å². The minimum atomic E-state index is -0.867. The van der Waals surface area contributed by atoms with E-state index >= 15 is 0 Å². The van der Waals surface area contributed by atoms with Gasteiger partial charge in [-0.25, -0.2) is 9.79 Å². The molecule has 0 saturated carbocycles. The van der Waals surface area contributed by atoms with Crippen LogP contribution in [0.2, 0.25) is 0 Å². The molecular formula is C34H39N3O9S. The second kappa shape index (κ2) is 15.3. The Morgan fingerprint density at radius 2 is 1.74 bits per heavy atom. The molecule has 1 atom stereocenters. The van der Waals surface area contributed by atoms with Gasteiger partial charge in [-0.2, -0.15) is 0 Å². The number of morpholine rings is 1. The van der Waals surface area contributed by atoms with Crippen LogP contribution in [0.15, 0.2) is 57.5 Å². The van der Waals surface area contributed by atoms with Crippen molar-refractivity contribution in [1.82, 2.24) is 9.47 Å². The molecule has 250 valence electrons. The monoisotopic (exact) mass is 665 g/mol. The number of hydrogen-bond acceptors (Lipinski definition) is 11. The standard InChI is InChI=1S/C34H39N3O9S/c1-6-8-24-30(33(40)45-7-2)31(23-19-22(41-3)10-12-25(23)42-4)37-32(39)28(47-34(37)35-24)18-21-9-11-26(27(17-21)43-5)46-20-29(38)36-13-15-44-16-14-36/h9-12,17-19,31H,6-8,13-16,20H2,1-5H3/b28-18-/t31-/m1/s1. The predicted octanol–water partition coefficient (Wildman–Crippen LogP) is 2.84. The van der Waals surface area contributed by atoms with Gasteiger partial charge >= 0.3 is 5.97 Å². The molecule has 47 heavy (non-hydrogen) atoms. The van der Waals surface area contributed by atoms with Crippen LogP contribution < -0.4 is 33.8 Å². The van der Waals surface area contributed by atoms with Crippen LogP contribution in [0, 0.1) is 0 Å². The molecule has 1 aromatic heterocycles. The maximum Gasteiger partial charge on any atom is 0.338 e. The predicted molar refractivity (Wildman–Crippen MR) is 175 cm³/mol. The number of thiazole rings is 1. The van der Waals surface area contributed by atoms with E-state index in [9.17, 15) is 14.4 Å². The fraction of sp³-hybridized carbons (Fsp3) is 0.412. The van der Waals surface area contributed by atoms with Gasteiger partial charge in [-0.15, -0.1) is 0 Å². The van der Waals surface area contributed by atoms with E-state index < -0.39 is 12.0 Å². The number of fused-ring (bicyclic) bond motifs is 1. The minimum absolute atomic E-state index is 0.132. The Bertz CT molecular complexity index is 1840. The average Bonchev–Trinajstić information content (AvgIpc) is 3.40. The van der Waals surface area contributed by atoms with Gasteiger partial charge in [-0.05, 0) is 55.3 Å². The fourth-order valence-corrected chi connectivity index (χ4v) is 6.58. The topological polar surface area (TPSA) is 127 Å². The molecule has 5 rings (SSSR count). The molecule has 3 heterocycles.